The molecule has 0 aliphatic heterocycles. The molecule has 0 saturated carbocycles. The Morgan fingerprint density at radius 1 is 1.04 bits per heavy atom. The van der Waals surface area contributed by atoms with Gasteiger partial charge in [0.2, 0.25) is 0 Å². The van der Waals surface area contributed by atoms with Gasteiger partial charge in [0.15, 0.2) is 9.84 Å². The van der Waals surface area contributed by atoms with Gasteiger partial charge >= 0.3 is 5.97 Å². The Bertz CT molecular complexity index is 773. The highest BCUT2D eigenvalue weighted by atomic mass is 32.2. The van der Waals surface area contributed by atoms with Gasteiger partial charge in [-0.25, -0.2) is 8.42 Å². The summed E-state index contributed by atoms with van der Waals surface area (Å²) in [6.45, 7) is 1.24. The van der Waals surface area contributed by atoms with Gasteiger partial charge in [0.05, 0.1) is 11.3 Å². The van der Waals surface area contributed by atoms with Crippen molar-refractivity contribution >= 4 is 15.8 Å². The first kappa shape index (κ1) is 18.2. The molecule has 0 fully saturated rings. The van der Waals surface area contributed by atoms with Crippen molar-refractivity contribution in [1.29, 1.82) is 0 Å². The second kappa shape index (κ2) is 8.61. The van der Waals surface area contributed by atoms with Crippen molar-refractivity contribution < 1.29 is 17.9 Å². The molecule has 1 N–H and O–H groups in total. The van der Waals surface area contributed by atoms with Gasteiger partial charge in [-0.1, -0.05) is 42.5 Å². The molecule has 0 atom stereocenters. The van der Waals surface area contributed by atoms with Gasteiger partial charge in [0, 0.05) is 19.3 Å². The Balaban J connectivity index is 1.70. The van der Waals surface area contributed by atoms with Gasteiger partial charge in [-0.05, 0) is 23.3 Å². The summed E-state index contributed by atoms with van der Waals surface area (Å²) in [5, 5.41) is 3.11. The van der Waals surface area contributed by atoms with Crippen LogP contribution in [0, 0.1) is 0 Å². The summed E-state index contributed by atoms with van der Waals surface area (Å²) in [5.74, 6) is -0.267. The molecule has 0 spiro atoms. The number of nitrogens with one attached hydrogen (secondary N) is 1. The van der Waals surface area contributed by atoms with Crippen LogP contribution in [0.4, 0.5) is 0 Å². The highest BCUT2D eigenvalue weighted by Gasteiger charge is 2.07. The van der Waals surface area contributed by atoms with Crippen LogP contribution < -0.4 is 5.32 Å². The van der Waals surface area contributed by atoms with Crippen LogP contribution in [0.15, 0.2) is 59.5 Å². The molecular formula is C18H21NO4S. The van der Waals surface area contributed by atoms with Crippen molar-refractivity contribution in [2.45, 2.75) is 24.5 Å². The Labute approximate surface area is 142 Å². The second-order valence-electron chi connectivity index (χ2n) is 5.49. The fourth-order valence-electron chi connectivity index (χ4n) is 2.12. The van der Waals surface area contributed by atoms with E-state index in [0.717, 1.165) is 11.1 Å². The second-order valence-corrected chi connectivity index (χ2v) is 7.51. The molecule has 0 bridgehead atoms. The maximum atomic E-state index is 11.7. The number of carbonyl (C=O) groups is 1. The molecule has 0 heterocycles. The third-order valence-corrected chi connectivity index (χ3v) is 4.51. The van der Waals surface area contributed by atoms with Gasteiger partial charge in [0.25, 0.3) is 0 Å². The van der Waals surface area contributed by atoms with E-state index in [0.29, 0.717) is 18.0 Å². The molecule has 24 heavy (non-hydrogen) atoms. The van der Waals surface area contributed by atoms with E-state index in [-0.39, 0.29) is 19.0 Å². The smallest absolute Gasteiger partial charge is 0.307 e. The van der Waals surface area contributed by atoms with E-state index in [4.69, 9.17) is 4.74 Å². The number of rotatable bonds is 8. The van der Waals surface area contributed by atoms with Gasteiger partial charge < -0.3 is 10.1 Å². The van der Waals surface area contributed by atoms with E-state index in [1.807, 2.05) is 36.4 Å². The maximum absolute atomic E-state index is 11.7. The minimum absolute atomic E-state index is 0.263. The molecule has 0 aliphatic rings. The van der Waals surface area contributed by atoms with Crippen LogP contribution >= 0.6 is 0 Å². The number of hydrogen-bond acceptors (Lipinski definition) is 5. The third kappa shape index (κ3) is 6.14. The van der Waals surface area contributed by atoms with Gasteiger partial charge in [-0.2, -0.15) is 0 Å². The molecular weight excluding hydrogens is 326 g/mol. The van der Waals surface area contributed by atoms with Crippen LogP contribution in [-0.2, 0) is 32.5 Å². The minimum atomic E-state index is -3.20. The topological polar surface area (TPSA) is 72.5 Å². The standard InChI is InChI=1S/C18H21NO4S/c1-24(21,22)17-9-5-8-16(12-17)13-19-11-10-18(20)23-14-15-6-3-2-4-7-15/h2-9,12,19H,10-11,13-14H2,1H3. The monoisotopic (exact) mass is 347 g/mol. The molecule has 5 nitrogen and oxygen atoms in total. The molecule has 0 aromatic heterocycles. The van der Waals surface area contributed by atoms with Crippen molar-refractivity contribution in [3.05, 3.63) is 65.7 Å². The minimum Gasteiger partial charge on any atom is -0.461 e. The predicted octanol–water partition coefficient (Wildman–Crippen LogP) is 2.31. The lowest BCUT2D eigenvalue weighted by Crippen LogP contribution is -2.19. The Hall–Kier alpha value is -2.18. The molecule has 2 aromatic rings. The summed E-state index contributed by atoms with van der Waals surface area (Å²) in [5.41, 5.74) is 1.81. The zero-order valence-electron chi connectivity index (χ0n) is 13.6. The molecule has 0 unspecified atom stereocenters. The van der Waals surface area contributed by atoms with Crippen molar-refractivity contribution in [3.63, 3.8) is 0 Å². The van der Waals surface area contributed by atoms with Crippen LogP contribution in [0.1, 0.15) is 17.5 Å². The molecule has 128 valence electrons. The Morgan fingerprint density at radius 2 is 1.75 bits per heavy atom. The van der Waals surface area contributed by atoms with Crippen LogP contribution in [0.5, 0.6) is 0 Å². The van der Waals surface area contributed by atoms with E-state index < -0.39 is 9.84 Å². The highest BCUT2D eigenvalue weighted by molar-refractivity contribution is 7.90. The molecule has 0 saturated heterocycles. The lowest BCUT2D eigenvalue weighted by atomic mass is 10.2. The van der Waals surface area contributed by atoms with Gasteiger partial charge in [-0.3, -0.25) is 4.79 Å². The maximum Gasteiger partial charge on any atom is 0.307 e. The summed E-state index contributed by atoms with van der Waals surface area (Å²) < 4.78 is 28.2. The Morgan fingerprint density at radius 3 is 2.46 bits per heavy atom. The van der Waals surface area contributed by atoms with Crippen LogP contribution in [0.25, 0.3) is 0 Å². The lowest BCUT2D eigenvalue weighted by Gasteiger charge is -2.07. The number of carbonyl (C=O) groups excluding carboxylic acids is 1. The highest BCUT2D eigenvalue weighted by Crippen LogP contribution is 2.11. The fraction of sp³-hybridized carbons (Fsp3) is 0.278. The van der Waals surface area contributed by atoms with Crippen LogP contribution in [-0.4, -0.2) is 27.2 Å². The molecule has 2 rings (SSSR count). The quantitative estimate of drug-likeness (QED) is 0.586. The predicted molar refractivity (Wildman–Crippen MR) is 92.1 cm³/mol. The summed E-state index contributed by atoms with van der Waals surface area (Å²) in [6.07, 6.45) is 1.45. The Kier molecular flexibility index (Phi) is 6.52. The van der Waals surface area contributed by atoms with Gasteiger partial charge in [-0.15, -0.1) is 0 Å². The van der Waals surface area contributed by atoms with Gasteiger partial charge in [0.1, 0.15) is 6.61 Å². The number of sulfone groups is 1. The molecule has 0 amide bonds. The van der Waals surface area contributed by atoms with Crippen LogP contribution in [0.3, 0.4) is 0 Å². The zero-order chi connectivity index (χ0) is 17.4. The lowest BCUT2D eigenvalue weighted by molar-refractivity contribution is -0.144. The van der Waals surface area contributed by atoms with E-state index >= 15 is 0 Å². The summed E-state index contributed by atoms with van der Waals surface area (Å²) in [6, 6.07) is 16.3. The van der Waals surface area contributed by atoms with E-state index in [1.54, 1.807) is 18.2 Å². The van der Waals surface area contributed by atoms with E-state index in [2.05, 4.69) is 5.32 Å². The zero-order valence-corrected chi connectivity index (χ0v) is 14.4. The first-order valence-corrected chi connectivity index (χ1v) is 9.53. The van der Waals surface area contributed by atoms with Crippen molar-refractivity contribution in [2.24, 2.45) is 0 Å². The first-order chi connectivity index (χ1) is 11.4. The molecule has 0 aliphatic carbocycles. The van der Waals surface area contributed by atoms with Crippen LogP contribution in [0.2, 0.25) is 0 Å². The largest absolute Gasteiger partial charge is 0.461 e. The normalized spacial score (nSPS) is 11.2. The number of hydrogen-bond donors (Lipinski definition) is 1. The number of benzene rings is 2. The summed E-state index contributed by atoms with van der Waals surface area (Å²) in [4.78, 5) is 12.0. The van der Waals surface area contributed by atoms with E-state index in [9.17, 15) is 13.2 Å². The van der Waals surface area contributed by atoms with Crippen molar-refractivity contribution in [2.75, 3.05) is 12.8 Å². The average Bonchev–Trinajstić information content (AvgIpc) is 2.57. The van der Waals surface area contributed by atoms with E-state index in [1.165, 1.54) is 6.26 Å². The number of ether oxygens (including phenoxy) is 1. The van der Waals surface area contributed by atoms with Crippen molar-refractivity contribution in [3.8, 4) is 0 Å². The van der Waals surface area contributed by atoms with Crippen molar-refractivity contribution in [1.82, 2.24) is 5.32 Å². The summed E-state index contributed by atoms with van der Waals surface area (Å²) >= 11 is 0. The third-order valence-electron chi connectivity index (χ3n) is 3.40. The first-order valence-electron chi connectivity index (χ1n) is 7.64. The average molecular weight is 347 g/mol. The SMILES string of the molecule is CS(=O)(=O)c1cccc(CNCCC(=O)OCc2ccccc2)c1. The molecule has 2 aromatic carbocycles. The molecule has 0 radical (unpaired) electrons. The summed E-state index contributed by atoms with van der Waals surface area (Å²) in [7, 11) is -3.20. The fourth-order valence-corrected chi connectivity index (χ4v) is 2.81. The number of esters is 1. The molecule has 6 heteroatoms.